The minimum Gasteiger partial charge on any atom is -0.387 e. The van der Waals surface area contributed by atoms with Crippen molar-refractivity contribution in [2.75, 3.05) is 13.6 Å². The van der Waals surface area contributed by atoms with Crippen molar-refractivity contribution in [2.45, 2.75) is 12.6 Å². The first-order chi connectivity index (χ1) is 9.95. The zero-order valence-electron chi connectivity index (χ0n) is 11.6. The summed E-state index contributed by atoms with van der Waals surface area (Å²) < 4.78 is 0.961. The first-order valence-electron chi connectivity index (χ1n) is 6.51. The molecule has 0 aromatic heterocycles. The zero-order chi connectivity index (χ0) is 15.4. The number of rotatable bonds is 5. The molecule has 0 radical (unpaired) electrons. The Morgan fingerprint density at radius 1 is 1.19 bits per heavy atom. The summed E-state index contributed by atoms with van der Waals surface area (Å²) in [5.74, 6) is 0. The molecule has 0 saturated carbocycles. The molecule has 0 heterocycles. The van der Waals surface area contributed by atoms with Crippen LogP contribution in [0.15, 0.2) is 46.9 Å². The molecule has 0 aliphatic carbocycles. The second-order valence-corrected chi connectivity index (χ2v) is 6.76. The second-order valence-electron chi connectivity index (χ2n) is 5.00. The van der Waals surface area contributed by atoms with Crippen molar-refractivity contribution in [3.05, 3.63) is 68.1 Å². The van der Waals surface area contributed by atoms with Gasteiger partial charge in [0.25, 0.3) is 0 Å². The van der Waals surface area contributed by atoms with E-state index in [1.807, 2.05) is 48.3 Å². The minimum atomic E-state index is -0.543. The smallest absolute Gasteiger partial charge is 0.0917 e. The maximum absolute atomic E-state index is 10.3. The van der Waals surface area contributed by atoms with Gasteiger partial charge in [-0.15, -0.1) is 0 Å². The Bertz CT molecular complexity index is 621. The molecule has 0 aliphatic rings. The number of halogens is 3. The van der Waals surface area contributed by atoms with E-state index in [4.69, 9.17) is 23.2 Å². The van der Waals surface area contributed by atoms with E-state index in [0.29, 0.717) is 23.1 Å². The highest BCUT2D eigenvalue weighted by molar-refractivity contribution is 9.10. The third-order valence-electron chi connectivity index (χ3n) is 3.17. The highest BCUT2D eigenvalue weighted by Gasteiger charge is 2.12. The maximum atomic E-state index is 10.3. The number of benzene rings is 2. The summed E-state index contributed by atoms with van der Waals surface area (Å²) >= 11 is 15.5. The lowest BCUT2D eigenvalue weighted by Gasteiger charge is -2.21. The highest BCUT2D eigenvalue weighted by atomic mass is 79.9. The summed E-state index contributed by atoms with van der Waals surface area (Å²) in [4.78, 5) is 2.03. The summed E-state index contributed by atoms with van der Waals surface area (Å²) in [5, 5.41) is 11.6. The molecule has 1 unspecified atom stereocenters. The Morgan fingerprint density at radius 2 is 1.95 bits per heavy atom. The second kappa shape index (κ2) is 7.61. The molecule has 2 rings (SSSR count). The summed E-state index contributed by atoms with van der Waals surface area (Å²) in [7, 11) is 1.95. The number of aliphatic hydroxyl groups is 1. The molecule has 1 N–H and O–H groups in total. The summed E-state index contributed by atoms with van der Waals surface area (Å²) in [5.41, 5.74) is 1.88. The van der Waals surface area contributed by atoms with Gasteiger partial charge in [0.05, 0.1) is 6.10 Å². The molecule has 0 amide bonds. The van der Waals surface area contributed by atoms with E-state index in [9.17, 15) is 5.11 Å². The lowest BCUT2D eigenvalue weighted by Crippen LogP contribution is -2.24. The number of aliphatic hydroxyl groups excluding tert-OH is 1. The van der Waals surface area contributed by atoms with Crippen LogP contribution in [-0.2, 0) is 6.54 Å². The van der Waals surface area contributed by atoms with Gasteiger partial charge in [0.2, 0.25) is 0 Å². The Kier molecular flexibility index (Phi) is 6.08. The molecule has 0 saturated heterocycles. The van der Waals surface area contributed by atoms with Crippen molar-refractivity contribution in [2.24, 2.45) is 0 Å². The molecule has 0 fully saturated rings. The van der Waals surface area contributed by atoms with E-state index in [-0.39, 0.29) is 0 Å². The Morgan fingerprint density at radius 3 is 2.62 bits per heavy atom. The van der Waals surface area contributed by atoms with Crippen LogP contribution in [0.3, 0.4) is 0 Å². The predicted octanol–water partition coefficient (Wildman–Crippen LogP) is 4.92. The van der Waals surface area contributed by atoms with Gasteiger partial charge >= 0.3 is 0 Å². The summed E-state index contributed by atoms with van der Waals surface area (Å²) in [6.45, 7) is 1.18. The summed E-state index contributed by atoms with van der Waals surface area (Å²) in [6.07, 6.45) is -0.543. The highest BCUT2D eigenvalue weighted by Crippen LogP contribution is 2.23. The van der Waals surface area contributed by atoms with Gasteiger partial charge in [0.15, 0.2) is 0 Å². The first kappa shape index (κ1) is 16.8. The molecule has 2 nitrogen and oxygen atoms in total. The quantitative estimate of drug-likeness (QED) is 0.785. The molecule has 2 aromatic carbocycles. The van der Waals surface area contributed by atoms with Gasteiger partial charge in [-0.25, -0.2) is 0 Å². The van der Waals surface area contributed by atoms with Crippen LogP contribution in [0.25, 0.3) is 0 Å². The van der Waals surface area contributed by atoms with E-state index >= 15 is 0 Å². The third kappa shape index (κ3) is 4.97. The van der Waals surface area contributed by atoms with Gasteiger partial charge < -0.3 is 5.11 Å². The lowest BCUT2D eigenvalue weighted by atomic mass is 10.1. The van der Waals surface area contributed by atoms with E-state index in [2.05, 4.69) is 15.9 Å². The van der Waals surface area contributed by atoms with Crippen molar-refractivity contribution in [1.29, 1.82) is 0 Å². The van der Waals surface area contributed by atoms with Gasteiger partial charge in [-0.05, 0) is 42.4 Å². The monoisotopic (exact) mass is 387 g/mol. The topological polar surface area (TPSA) is 23.5 Å². The zero-order valence-corrected chi connectivity index (χ0v) is 14.7. The minimum absolute atomic E-state index is 0.523. The van der Waals surface area contributed by atoms with Crippen molar-refractivity contribution < 1.29 is 5.11 Å². The predicted molar refractivity (Wildman–Crippen MR) is 91.9 cm³/mol. The Labute approximate surface area is 143 Å². The van der Waals surface area contributed by atoms with E-state index in [1.165, 1.54) is 0 Å². The molecule has 0 spiro atoms. The fourth-order valence-corrected chi connectivity index (χ4v) is 3.00. The maximum Gasteiger partial charge on any atom is 0.0917 e. The molecule has 1 atom stereocenters. The largest absolute Gasteiger partial charge is 0.387 e. The van der Waals surface area contributed by atoms with E-state index in [0.717, 1.165) is 15.6 Å². The Hall–Kier alpha value is -0.580. The molecule has 112 valence electrons. The van der Waals surface area contributed by atoms with Gasteiger partial charge in [0, 0.05) is 27.6 Å². The van der Waals surface area contributed by atoms with Crippen molar-refractivity contribution in [3.8, 4) is 0 Å². The van der Waals surface area contributed by atoms with Crippen LogP contribution in [0, 0.1) is 0 Å². The average Bonchev–Trinajstić information content (AvgIpc) is 2.42. The van der Waals surface area contributed by atoms with Crippen LogP contribution >= 0.6 is 39.1 Å². The van der Waals surface area contributed by atoms with Crippen molar-refractivity contribution in [1.82, 2.24) is 4.90 Å². The van der Waals surface area contributed by atoms with Gasteiger partial charge in [-0.2, -0.15) is 0 Å². The third-order valence-corrected chi connectivity index (χ3v) is 4.25. The Balaban J connectivity index is 1.99. The molecular weight excluding hydrogens is 373 g/mol. The van der Waals surface area contributed by atoms with Crippen LogP contribution in [0.1, 0.15) is 17.2 Å². The number of hydrogen-bond acceptors (Lipinski definition) is 2. The van der Waals surface area contributed by atoms with E-state index < -0.39 is 6.10 Å². The SMILES string of the molecule is CN(Cc1ccc(Cl)cc1Cl)CC(O)c1cccc(Br)c1. The number of hydrogen-bond donors (Lipinski definition) is 1. The van der Waals surface area contributed by atoms with Crippen molar-refractivity contribution >= 4 is 39.1 Å². The van der Waals surface area contributed by atoms with Gasteiger partial charge in [0.1, 0.15) is 0 Å². The first-order valence-corrected chi connectivity index (χ1v) is 8.06. The fraction of sp³-hybridized carbons (Fsp3) is 0.250. The molecule has 21 heavy (non-hydrogen) atoms. The molecular formula is C16H16BrCl2NO. The molecule has 5 heteroatoms. The lowest BCUT2D eigenvalue weighted by molar-refractivity contribution is 0.124. The standard InChI is InChI=1S/C16H16BrCl2NO/c1-20(9-12-5-6-14(18)8-15(12)19)10-16(21)11-3-2-4-13(17)7-11/h2-8,16,21H,9-10H2,1H3. The summed E-state index contributed by atoms with van der Waals surface area (Å²) in [6, 6.07) is 13.2. The van der Waals surface area contributed by atoms with Crippen molar-refractivity contribution in [3.63, 3.8) is 0 Å². The van der Waals surface area contributed by atoms with Gasteiger partial charge in [-0.1, -0.05) is 57.3 Å². The number of nitrogens with zero attached hydrogens (tertiary/aromatic N) is 1. The normalized spacial score (nSPS) is 12.7. The molecule has 0 bridgehead atoms. The van der Waals surface area contributed by atoms with E-state index in [1.54, 1.807) is 6.07 Å². The van der Waals surface area contributed by atoms with Crippen LogP contribution in [0.4, 0.5) is 0 Å². The van der Waals surface area contributed by atoms with Gasteiger partial charge in [-0.3, -0.25) is 4.90 Å². The molecule has 2 aromatic rings. The number of likely N-dealkylation sites (N-methyl/N-ethyl adjacent to an activating group) is 1. The van der Waals surface area contributed by atoms with Crippen LogP contribution < -0.4 is 0 Å². The average molecular weight is 389 g/mol. The van der Waals surface area contributed by atoms with Crippen LogP contribution in [0.5, 0.6) is 0 Å². The fourth-order valence-electron chi connectivity index (χ4n) is 2.12. The molecule has 0 aliphatic heterocycles. The van der Waals surface area contributed by atoms with Crippen LogP contribution in [-0.4, -0.2) is 23.6 Å². The van der Waals surface area contributed by atoms with Crippen LogP contribution in [0.2, 0.25) is 10.0 Å².